The van der Waals surface area contributed by atoms with Crippen molar-refractivity contribution in [3.8, 4) is 5.75 Å². The maximum Gasteiger partial charge on any atom is 0.194 e. The average Bonchev–Trinajstić information content (AvgIpc) is 2.44. The maximum atomic E-state index is 13.7. The Morgan fingerprint density at radius 2 is 1.80 bits per heavy atom. The van der Waals surface area contributed by atoms with Gasteiger partial charge in [-0.25, -0.2) is 13.2 Å². The molecule has 2 aromatic carbocycles. The summed E-state index contributed by atoms with van der Waals surface area (Å²) in [5.41, 5.74) is 6.34. The molecule has 0 spiro atoms. The standard InChI is InChI=1S/C14H11BrF3NO/c1-20-11-5-2-7(6-9(11)15)14(19)8-3-4-10(16)13(18)12(8)17/h2-6,14H,19H2,1H3. The van der Waals surface area contributed by atoms with Gasteiger partial charge in [0.05, 0.1) is 17.6 Å². The molecule has 1 atom stereocenters. The van der Waals surface area contributed by atoms with Gasteiger partial charge in [-0.05, 0) is 39.7 Å². The van der Waals surface area contributed by atoms with E-state index in [-0.39, 0.29) is 5.56 Å². The highest BCUT2D eigenvalue weighted by Crippen LogP contribution is 2.31. The third-order valence-electron chi connectivity index (χ3n) is 2.94. The summed E-state index contributed by atoms with van der Waals surface area (Å²) in [7, 11) is 1.51. The lowest BCUT2D eigenvalue weighted by atomic mass is 9.99. The highest BCUT2D eigenvalue weighted by Gasteiger charge is 2.20. The zero-order valence-corrected chi connectivity index (χ0v) is 12.0. The molecule has 0 aliphatic heterocycles. The summed E-state index contributed by atoms with van der Waals surface area (Å²) < 4.78 is 45.6. The molecule has 0 aromatic heterocycles. The van der Waals surface area contributed by atoms with Gasteiger partial charge in [0.1, 0.15) is 5.75 Å². The molecule has 0 aliphatic carbocycles. The predicted octanol–water partition coefficient (Wildman–Crippen LogP) is 3.92. The van der Waals surface area contributed by atoms with Crippen LogP contribution >= 0.6 is 15.9 Å². The Hall–Kier alpha value is -1.53. The Balaban J connectivity index is 2.44. The molecular formula is C14H11BrF3NO. The molecule has 0 aliphatic rings. The molecule has 1 unspecified atom stereocenters. The molecule has 0 fully saturated rings. The molecule has 6 heteroatoms. The van der Waals surface area contributed by atoms with E-state index in [2.05, 4.69) is 15.9 Å². The summed E-state index contributed by atoms with van der Waals surface area (Å²) >= 11 is 3.28. The highest BCUT2D eigenvalue weighted by molar-refractivity contribution is 9.10. The first-order valence-electron chi connectivity index (χ1n) is 5.68. The summed E-state index contributed by atoms with van der Waals surface area (Å²) in [5, 5.41) is 0. The van der Waals surface area contributed by atoms with Gasteiger partial charge in [0.2, 0.25) is 0 Å². The van der Waals surface area contributed by atoms with E-state index in [9.17, 15) is 13.2 Å². The minimum atomic E-state index is -1.52. The molecule has 0 saturated heterocycles. The quantitative estimate of drug-likeness (QED) is 0.855. The zero-order valence-electron chi connectivity index (χ0n) is 10.5. The molecule has 0 bridgehead atoms. The summed E-state index contributed by atoms with van der Waals surface area (Å²) in [5.74, 6) is -3.45. The third-order valence-corrected chi connectivity index (χ3v) is 3.55. The maximum absolute atomic E-state index is 13.7. The van der Waals surface area contributed by atoms with Gasteiger partial charge in [-0.2, -0.15) is 0 Å². The molecule has 2 nitrogen and oxygen atoms in total. The lowest BCUT2D eigenvalue weighted by Gasteiger charge is -2.15. The number of methoxy groups -OCH3 is 1. The summed E-state index contributed by atoms with van der Waals surface area (Å²) in [6.07, 6.45) is 0. The van der Waals surface area contributed by atoms with E-state index in [1.165, 1.54) is 7.11 Å². The summed E-state index contributed by atoms with van der Waals surface area (Å²) in [6.45, 7) is 0. The Labute approximate surface area is 122 Å². The van der Waals surface area contributed by atoms with Crippen molar-refractivity contribution >= 4 is 15.9 Å². The fourth-order valence-electron chi connectivity index (χ4n) is 1.84. The van der Waals surface area contributed by atoms with E-state index < -0.39 is 23.5 Å². The molecule has 2 aromatic rings. The molecular weight excluding hydrogens is 335 g/mol. The van der Waals surface area contributed by atoms with E-state index in [1.807, 2.05) is 0 Å². The minimum absolute atomic E-state index is 0.110. The predicted molar refractivity (Wildman–Crippen MR) is 73.0 cm³/mol. The smallest absolute Gasteiger partial charge is 0.194 e. The lowest BCUT2D eigenvalue weighted by Crippen LogP contribution is -2.15. The van der Waals surface area contributed by atoms with Crippen LogP contribution in [0, 0.1) is 17.5 Å². The van der Waals surface area contributed by atoms with Gasteiger partial charge in [0.25, 0.3) is 0 Å². The second-order valence-electron chi connectivity index (χ2n) is 4.14. The average molecular weight is 346 g/mol. The number of benzene rings is 2. The van der Waals surface area contributed by atoms with E-state index in [0.29, 0.717) is 15.8 Å². The fraction of sp³-hybridized carbons (Fsp3) is 0.143. The van der Waals surface area contributed by atoms with Crippen LogP contribution in [0.5, 0.6) is 5.75 Å². The monoisotopic (exact) mass is 345 g/mol. The second kappa shape index (κ2) is 5.85. The van der Waals surface area contributed by atoms with Gasteiger partial charge in [-0.3, -0.25) is 0 Å². The number of hydrogen-bond donors (Lipinski definition) is 1. The van der Waals surface area contributed by atoms with Crippen LogP contribution in [-0.2, 0) is 0 Å². The van der Waals surface area contributed by atoms with Gasteiger partial charge < -0.3 is 10.5 Å². The molecule has 2 N–H and O–H groups in total. The van der Waals surface area contributed by atoms with Crippen LogP contribution in [0.4, 0.5) is 13.2 Å². The van der Waals surface area contributed by atoms with Crippen molar-refractivity contribution in [1.29, 1.82) is 0 Å². The van der Waals surface area contributed by atoms with Crippen LogP contribution in [0.25, 0.3) is 0 Å². The Morgan fingerprint density at radius 1 is 1.10 bits per heavy atom. The first kappa shape index (κ1) is 14.9. The summed E-state index contributed by atoms with van der Waals surface area (Å²) in [4.78, 5) is 0. The van der Waals surface area contributed by atoms with Crippen molar-refractivity contribution in [2.24, 2.45) is 5.73 Å². The fourth-order valence-corrected chi connectivity index (χ4v) is 2.40. The van der Waals surface area contributed by atoms with Crippen molar-refractivity contribution in [3.63, 3.8) is 0 Å². The zero-order chi connectivity index (χ0) is 14.9. The highest BCUT2D eigenvalue weighted by atomic mass is 79.9. The van der Waals surface area contributed by atoms with E-state index in [1.54, 1.807) is 18.2 Å². The topological polar surface area (TPSA) is 35.2 Å². The molecule has 106 valence electrons. The van der Waals surface area contributed by atoms with E-state index in [4.69, 9.17) is 10.5 Å². The van der Waals surface area contributed by atoms with Crippen molar-refractivity contribution < 1.29 is 17.9 Å². The molecule has 0 amide bonds. The van der Waals surface area contributed by atoms with Crippen LogP contribution < -0.4 is 10.5 Å². The minimum Gasteiger partial charge on any atom is -0.496 e. The normalized spacial score (nSPS) is 12.3. The Bertz CT molecular complexity index is 649. The van der Waals surface area contributed by atoms with Gasteiger partial charge in [-0.15, -0.1) is 0 Å². The first-order valence-corrected chi connectivity index (χ1v) is 6.47. The van der Waals surface area contributed by atoms with Crippen molar-refractivity contribution in [1.82, 2.24) is 0 Å². The Morgan fingerprint density at radius 3 is 2.40 bits per heavy atom. The van der Waals surface area contributed by atoms with Crippen LogP contribution in [0.15, 0.2) is 34.8 Å². The molecule has 20 heavy (non-hydrogen) atoms. The van der Waals surface area contributed by atoms with Gasteiger partial charge in [0, 0.05) is 5.56 Å². The van der Waals surface area contributed by atoms with E-state index in [0.717, 1.165) is 12.1 Å². The van der Waals surface area contributed by atoms with Crippen molar-refractivity contribution in [2.45, 2.75) is 6.04 Å². The van der Waals surface area contributed by atoms with Crippen LogP contribution in [-0.4, -0.2) is 7.11 Å². The number of halogens is 4. The molecule has 2 rings (SSSR count). The van der Waals surface area contributed by atoms with Crippen molar-refractivity contribution in [2.75, 3.05) is 7.11 Å². The third kappa shape index (κ3) is 2.66. The Kier molecular flexibility index (Phi) is 4.35. The van der Waals surface area contributed by atoms with Crippen LogP contribution in [0.1, 0.15) is 17.2 Å². The van der Waals surface area contributed by atoms with Gasteiger partial charge >= 0.3 is 0 Å². The number of ether oxygens (including phenoxy) is 1. The molecule has 0 radical (unpaired) electrons. The molecule has 0 saturated carbocycles. The lowest BCUT2D eigenvalue weighted by molar-refractivity contribution is 0.412. The van der Waals surface area contributed by atoms with Crippen LogP contribution in [0.3, 0.4) is 0 Å². The second-order valence-corrected chi connectivity index (χ2v) is 4.99. The number of hydrogen-bond acceptors (Lipinski definition) is 2. The number of nitrogens with two attached hydrogens (primary N) is 1. The number of rotatable bonds is 3. The van der Waals surface area contributed by atoms with Crippen molar-refractivity contribution in [3.05, 3.63) is 63.4 Å². The summed E-state index contributed by atoms with van der Waals surface area (Å²) in [6, 6.07) is 6.01. The van der Waals surface area contributed by atoms with Gasteiger partial charge in [0.15, 0.2) is 17.5 Å². The first-order chi connectivity index (χ1) is 9.45. The largest absolute Gasteiger partial charge is 0.496 e. The van der Waals surface area contributed by atoms with Crippen LogP contribution in [0.2, 0.25) is 0 Å². The van der Waals surface area contributed by atoms with Gasteiger partial charge in [-0.1, -0.05) is 12.1 Å². The van der Waals surface area contributed by atoms with E-state index >= 15 is 0 Å². The SMILES string of the molecule is COc1ccc(C(N)c2ccc(F)c(F)c2F)cc1Br. The molecule has 0 heterocycles.